The van der Waals surface area contributed by atoms with Crippen molar-refractivity contribution < 1.29 is 30.4 Å². The molecule has 1 aliphatic heterocycles. The smallest absolute Gasteiger partial charge is 0.243 e. The van der Waals surface area contributed by atoms with E-state index in [9.17, 15) is 30.4 Å². The number of anilines is 1. The molecule has 8 nitrogen and oxygen atoms in total. The molecular formula is C19H21F2N3O5S2. The molecule has 168 valence electrons. The number of rotatable bonds is 6. The van der Waals surface area contributed by atoms with Crippen LogP contribution in [0.3, 0.4) is 0 Å². The average Bonchev–Trinajstić information content (AvgIpc) is 2.74. The van der Waals surface area contributed by atoms with Gasteiger partial charge < -0.3 is 4.90 Å². The Hall–Kier alpha value is -2.57. The molecule has 2 aromatic rings. The molecule has 1 saturated heterocycles. The molecule has 0 saturated carbocycles. The SMILES string of the molecule is CS(=O)(=O)N(CC(=O)N1CCN(S(=O)(=O)c2ccccc2)CC1)c1ccc(F)c(F)c1. The maximum atomic E-state index is 13.6. The Morgan fingerprint density at radius 3 is 2.10 bits per heavy atom. The van der Waals surface area contributed by atoms with Gasteiger partial charge in [-0.3, -0.25) is 9.10 Å². The highest BCUT2D eigenvalue weighted by molar-refractivity contribution is 7.92. The molecule has 0 unspecified atom stereocenters. The highest BCUT2D eigenvalue weighted by atomic mass is 32.2. The van der Waals surface area contributed by atoms with E-state index in [2.05, 4.69) is 0 Å². The fourth-order valence-corrected chi connectivity index (χ4v) is 5.47. The summed E-state index contributed by atoms with van der Waals surface area (Å²) in [5.74, 6) is -2.95. The minimum Gasteiger partial charge on any atom is -0.338 e. The molecule has 0 aliphatic carbocycles. The monoisotopic (exact) mass is 473 g/mol. The number of benzene rings is 2. The maximum Gasteiger partial charge on any atom is 0.243 e. The van der Waals surface area contributed by atoms with Gasteiger partial charge in [-0.1, -0.05) is 18.2 Å². The van der Waals surface area contributed by atoms with Gasteiger partial charge in [-0.2, -0.15) is 4.31 Å². The Morgan fingerprint density at radius 1 is 0.935 bits per heavy atom. The molecule has 12 heteroatoms. The molecule has 1 amide bonds. The first kappa shape index (κ1) is 23.1. The van der Waals surface area contributed by atoms with Crippen molar-refractivity contribution in [1.82, 2.24) is 9.21 Å². The number of nitrogens with zero attached hydrogens (tertiary/aromatic N) is 3. The van der Waals surface area contributed by atoms with E-state index in [0.29, 0.717) is 10.4 Å². The lowest BCUT2D eigenvalue weighted by Gasteiger charge is -2.35. The molecule has 0 bridgehead atoms. The second-order valence-corrected chi connectivity index (χ2v) is 10.8. The van der Waals surface area contributed by atoms with Crippen LogP contribution >= 0.6 is 0 Å². The zero-order chi connectivity index (χ0) is 22.8. The lowest BCUT2D eigenvalue weighted by molar-refractivity contribution is -0.130. The fourth-order valence-electron chi connectivity index (χ4n) is 3.18. The van der Waals surface area contributed by atoms with Crippen LogP contribution in [0.4, 0.5) is 14.5 Å². The molecule has 0 spiro atoms. The number of carbonyl (C=O) groups excluding carboxylic acids is 1. The molecule has 31 heavy (non-hydrogen) atoms. The van der Waals surface area contributed by atoms with Crippen LogP contribution in [0.15, 0.2) is 53.4 Å². The summed E-state index contributed by atoms with van der Waals surface area (Å²) in [5, 5.41) is 0. The molecular weight excluding hydrogens is 452 g/mol. The van der Waals surface area contributed by atoms with Crippen LogP contribution in [0.25, 0.3) is 0 Å². The van der Waals surface area contributed by atoms with E-state index in [4.69, 9.17) is 0 Å². The molecule has 0 N–H and O–H groups in total. The highest BCUT2D eigenvalue weighted by Crippen LogP contribution is 2.22. The number of hydrogen-bond donors (Lipinski definition) is 0. The predicted molar refractivity (Wildman–Crippen MR) is 110 cm³/mol. The first-order valence-corrected chi connectivity index (χ1v) is 12.5. The number of carbonyl (C=O) groups is 1. The first-order chi connectivity index (χ1) is 14.5. The third-order valence-corrected chi connectivity index (χ3v) is 7.90. The minimum absolute atomic E-state index is 0.0486. The lowest BCUT2D eigenvalue weighted by atomic mass is 10.3. The van der Waals surface area contributed by atoms with Gasteiger partial charge in [-0.25, -0.2) is 25.6 Å². The summed E-state index contributed by atoms with van der Waals surface area (Å²) in [7, 11) is -7.66. The van der Waals surface area contributed by atoms with Gasteiger partial charge in [0.25, 0.3) is 0 Å². The van der Waals surface area contributed by atoms with Gasteiger partial charge in [0.15, 0.2) is 11.6 Å². The van der Waals surface area contributed by atoms with Crippen LogP contribution in [0, 0.1) is 11.6 Å². The van der Waals surface area contributed by atoms with E-state index in [0.717, 1.165) is 18.4 Å². The van der Waals surface area contributed by atoms with Crippen LogP contribution in [-0.4, -0.2) is 70.9 Å². The van der Waals surface area contributed by atoms with Crippen LogP contribution in [-0.2, 0) is 24.8 Å². The Morgan fingerprint density at radius 2 is 1.55 bits per heavy atom. The summed E-state index contributed by atoms with van der Waals surface area (Å²) >= 11 is 0. The van der Waals surface area contributed by atoms with Gasteiger partial charge in [-0.05, 0) is 24.3 Å². The molecule has 0 aromatic heterocycles. The van der Waals surface area contributed by atoms with Crippen LogP contribution in [0.2, 0.25) is 0 Å². The normalized spacial score (nSPS) is 15.6. The van der Waals surface area contributed by atoms with Crippen molar-refractivity contribution in [1.29, 1.82) is 0 Å². The number of sulfonamides is 2. The fraction of sp³-hybridized carbons (Fsp3) is 0.316. The van der Waals surface area contributed by atoms with Crippen LogP contribution in [0.1, 0.15) is 0 Å². The van der Waals surface area contributed by atoms with Crippen molar-refractivity contribution in [3.05, 3.63) is 60.2 Å². The summed E-state index contributed by atoms with van der Waals surface area (Å²) in [6.45, 7) is -0.379. The molecule has 2 aromatic carbocycles. The lowest BCUT2D eigenvalue weighted by Crippen LogP contribution is -2.53. The van der Waals surface area contributed by atoms with Crippen molar-refractivity contribution in [3.63, 3.8) is 0 Å². The summed E-state index contributed by atoms with van der Waals surface area (Å²) in [6, 6.07) is 10.5. The number of piperazine rings is 1. The highest BCUT2D eigenvalue weighted by Gasteiger charge is 2.31. The second kappa shape index (κ2) is 8.89. The average molecular weight is 474 g/mol. The third kappa shape index (κ3) is 5.20. The molecule has 0 radical (unpaired) electrons. The predicted octanol–water partition coefficient (Wildman–Crippen LogP) is 1.26. The van der Waals surface area contributed by atoms with Gasteiger partial charge in [0.05, 0.1) is 16.8 Å². The molecule has 0 atom stereocenters. The molecule has 1 aliphatic rings. The number of halogens is 2. The maximum absolute atomic E-state index is 13.6. The largest absolute Gasteiger partial charge is 0.338 e. The number of amides is 1. The zero-order valence-corrected chi connectivity index (χ0v) is 18.2. The third-order valence-electron chi connectivity index (χ3n) is 4.84. The van der Waals surface area contributed by atoms with Gasteiger partial charge >= 0.3 is 0 Å². The second-order valence-electron chi connectivity index (χ2n) is 6.97. The van der Waals surface area contributed by atoms with Gasteiger partial charge in [0.1, 0.15) is 6.54 Å². The summed E-state index contributed by atoms with van der Waals surface area (Å²) in [6.07, 6.45) is 0.853. The quantitative estimate of drug-likeness (QED) is 0.630. The van der Waals surface area contributed by atoms with E-state index in [1.54, 1.807) is 18.2 Å². The summed E-state index contributed by atoms with van der Waals surface area (Å²) < 4.78 is 78.4. The van der Waals surface area contributed by atoms with E-state index in [1.807, 2.05) is 0 Å². The van der Waals surface area contributed by atoms with Crippen molar-refractivity contribution in [2.45, 2.75) is 4.90 Å². The minimum atomic E-state index is -3.96. The standard InChI is InChI=1S/C19H21F2N3O5S2/c1-30(26,27)24(15-7-8-17(20)18(21)13-15)14-19(25)22-9-11-23(12-10-22)31(28,29)16-5-3-2-4-6-16/h2-8,13H,9-12,14H2,1H3. The Bertz CT molecular complexity index is 1170. The van der Waals surface area contributed by atoms with Crippen molar-refractivity contribution in [3.8, 4) is 0 Å². The summed E-state index contributed by atoms with van der Waals surface area (Å²) in [4.78, 5) is 14.2. The first-order valence-electron chi connectivity index (χ1n) is 9.26. The van der Waals surface area contributed by atoms with Gasteiger partial charge in [-0.15, -0.1) is 0 Å². The molecule has 1 fully saturated rings. The van der Waals surface area contributed by atoms with Crippen LogP contribution < -0.4 is 4.31 Å². The van der Waals surface area contributed by atoms with Gasteiger partial charge in [0.2, 0.25) is 26.0 Å². The van der Waals surface area contributed by atoms with E-state index < -0.39 is 44.1 Å². The van der Waals surface area contributed by atoms with Crippen LogP contribution in [0.5, 0.6) is 0 Å². The molecule has 1 heterocycles. The summed E-state index contributed by atoms with van der Waals surface area (Å²) in [5.41, 5.74) is -0.181. The van der Waals surface area contributed by atoms with Crippen molar-refractivity contribution in [2.24, 2.45) is 0 Å². The Labute approximate surface area is 179 Å². The van der Waals surface area contributed by atoms with Crippen molar-refractivity contribution >= 4 is 31.6 Å². The Kier molecular flexibility index (Phi) is 6.62. The van der Waals surface area contributed by atoms with E-state index in [-0.39, 0.29) is 36.8 Å². The zero-order valence-electron chi connectivity index (χ0n) is 16.6. The number of hydrogen-bond acceptors (Lipinski definition) is 5. The van der Waals surface area contributed by atoms with Gasteiger partial charge in [0, 0.05) is 32.2 Å². The van der Waals surface area contributed by atoms with E-state index >= 15 is 0 Å². The van der Waals surface area contributed by atoms with Crippen molar-refractivity contribution in [2.75, 3.05) is 43.3 Å². The van der Waals surface area contributed by atoms with E-state index in [1.165, 1.54) is 21.3 Å². The topological polar surface area (TPSA) is 95.1 Å². The Balaban J connectivity index is 1.70. The molecule has 3 rings (SSSR count).